The van der Waals surface area contributed by atoms with Gasteiger partial charge >= 0.3 is 0 Å². The van der Waals surface area contributed by atoms with E-state index in [9.17, 15) is 12.8 Å². The fourth-order valence-corrected chi connectivity index (χ4v) is 3.07. The molecule has 0 atom stereocenters. The monoisotopic (exact) mass is 304 g/mol. The van der Waals surface area contributed by atoms with E-state index in [0.717, 1.165) is 17.2 Å². The first-order valence-electron chi connectivity index (χ1n) is 6.18. The number of nitrogens with zero attached hydrogens (tertiary/aromatic N) is 1. The van der Waals surface area contributed by atoms with E-state index in [4.69, 9.17) is 5.26 Å². The second-order valence-corrected chi connectivity index (χ2v) is 6.21. The van der Waals surface area contributed by atoms with Crippen LogP contribution in [0.3, 0.4) is 0 Å². The van der Waals surface area contributed by atoms with Crippen LogP contribution in [0.1, 0.15) is 16.7 Å². The highest BCUT2D eigenvalue weighted by molar-refractivity contribution is 7.89. The number of nitriles is 1. The Morgan fingerprint density at radius 3 is 2.57 bits per heavy atom. The van der Waals surface area contributed by atoms with Crippen LogP contribution in [0.2, 0.25) is 0 Å². The molecule has 0 aliphatic rings. The zero-order chi connectivity index (χ0) is 15.5. The van der Waals surface area contributed by atoms with Gasteiger partial charge in [-0.15, -0.1) is 0 Å². The predicted octanol–water partition coefficient (Wildman–Crippen LogP) is 2.48. The van der Waals surface area contributed by atoms with Gasteiger partial charge in [-0.3, -0.25) is 0 Å². The molecule has 0 spiro atoms. The van der Waals surface area contributed by atoms with E-state index in [0.29, 0.717) is 0 Å². The summed E-state index contributed by atoms with van der Waals surface area (Å²) in [5, 5.41) is 8.91. The fourth-order valence-electron chi connectivity index (χ4n) is 1.90. The fraction of sp³-hybridized carbons (Fsp3) is 0.133. The molecule has 0 saturated carbocycles. The van der Waals surface area contributed by atoms with Gasteiger partial charge in [0.15, 0.2) is 0 Å². The summed E-state index contributed by atoms with van der Waals surface area (Å²) in [5.41, 5.74) is 1.28. The highest BCUT2D eigenvalue weighted by atomic mass is 32.2. The first-order valence-corrected chi connectivity index (χ1v) is 7.67. The number of nitrogens with one attached hydrogen (secondary N) is 1. The van der Waals surface area contributed by atoms with Crippen LogP contribution in [-0.4, -0.2) is 8.42 Å². The van der Waals surface area contributed by atoms with Gasteiger partial charge in [-0.25, -0.2) is 17.5 Å². The maximum Gasteiger partial charge on any atom is 0.242 e. The van der Waals surface area contributed by atoms with Crippen molar-refractivity contribution in [3.63, 3.8) is 0 Å². The topological polar surface area (TPSA) is 70.0 Å². The summed E-state index contributed by atoms with van der Waals surface area (Å²) in [6, 6.07) is 12.4. The number of benzene rings is 2. The first-order chi connectivity index (χ1) is 9.95. The van der Waals surface area contributed by atoms with Crippen molar-refractivity contribution in [1.29, 1.82) is 5.26 Å². The van der Waals surface area contributed by atoms with E-state index in [1.807, 2.05) is 19.1 Å². The van der Waals surface area contributed by atoms with E-state index in [-0.39, 0.29) is 11.4 Å². The van der Waals surface area contributed by atoms with Gasteiger partial charge in [0.05, 0.1) is 0 Å². The lowest BCUT2D eigenvalue weighted by atomic mass is 10.1. The lowest BCUT2D eigenvalue weighted by Crippen LogP contribution is -2.24. The second kappa shape index (κ2) is 6.04. The molecule has 0 fully saturated rings. The van der Waals surface area contributed by atoms with Crippen LogP contribution in [0.25, 0.3) is 0 Å². The van der Waals surface area contributed by atoms with Crippen LogP contribution < -0.4 is 4.72 Å². The number of aryl methyl sites for hydroxylation is 1. The van der Waals surface area contributed by atoms with Crippen LogP contribution in [0.4, 0.5) is 4.39 Å². The lowest BCUT2D eigenvalue weighted by molar-refractivity contribution is 0.576. The normalized spacial score (nSPS) is 11.1. The van der Waals surface area contributed by atoms with Crippen molar-refractivity contribution in [2.75, 3.05) is 0 Å². The van der Waals surface area contributed by atoms with Gasteiger partial charge in [0.1, 0.15) is 22.3 Å². The molecule has 2 aromatic rings. The van der Waals surface area contributed by atoms with E-state index < -0.39 is 21.4 Å². The number of rotatable bonds is 4. The molecule has 0 radical (unpaired) electrons. The molecule has 0 unspecified atom stereocenters. The minimum absolute atomic E-state index is 0.0798. The molecule has 0 amide bonds. The van der Waals surface area contributed by atoms with E-state index in [2.05, 4.69) is 4.72 Å². The van der Waals surface area contributed by atoms with Crippen LogP contribution in [0.5, 0.6) is 0 Å². The zero-order valence-electron chi connectivity index (χ0n) is 11.3. The quantitative estimate of drug-likeness (QED) is 0.943. The largest absolute Gasteiger partial charge is 0.242 e. The molecular formula is C15H13FN2O2S. The van der Waals surface area contributed by atoms with Crippen LogP contribution in [-0.2, 0) is 16.6 Å². The number of sulfonamides is 1. The molecular weight excluding hydrogens is 291 g/mol. The Balaban J connectivity index is 2.30. The third-order valence-electron chi connectivity index (χ3n) is 3.09. The van der Waals surface area contributed by atoms with Gasteiger partial charge < -0.3 is 0 Å². The summed E-state index contributed by atoms with van der Waals surface area (Å²) in [5.74, 6) is -0.851. The summed E-state index contributed by atoms with van der Waals surface area (Å²) < 4.78 is 40.3. The van der Waals surface area contributed by atoms with Gasteiger partial charge in [-0.05, 0) is 30.2 Å². The molecule has 0 aromatic heterocycles. The summed E-state index contributed by atoms with van der Waals surface area (Å²) in [7, 11) is -3.95. The molecule has 108 valence electrons. The van der Waals surface area contributed by atoms with Crippen molar-refractivity contribution in [1.82, 2.24) is 4.72 Å². The Bertz CT molecular complexity index is 811. The Kier molecular flexibility index (Phi) is 4.36. The van der Waals surface area contributed by atoms with Gasteiger partial charge in [-0.1, -0.05) is 30.3 Å². The van der Waals surface area contributed by atoms with Gasteiger partial charge in [0.25, 0.3) is 0 Å². The van der Waals surface area contributed by atoms with Crippen molar-refractivity contribution in [3.05, 3.63) is 65.0 Å². The Morgan fingerprint density at radius 1 is 1.19 bits per heavy atom. The number of hydrogen-bond donors (Lipinski definition) is 1. The average Bonchev–Trinajstić information content (AvgIpc) is 2.46. The first kappa shape index (κ1) is 15.2. The molecule has 2 aromatic carbocycles. The van der Waals surface area contributed by atoms with Crippen molar-refractivity contribution < 1.29 is 12.8 Å². The minimum Gasteiger partial charge on any atom is -0.207 e. The molecule has 0 heterocycles. The maximum atomic E-state index is 13.5. The van der Waals surface area contributed by atoms with E-state index in [1.54, 1.807) is 18.2 Å². The molecule has 0 bridgehead atoms. The van der Waals surface area contributed by atoms with Crippen LogP contribution in [0.15, 0.2) is 47.4 Å². The Labute approximate surface area is 122 Å². The van der Waals surface area contributed by atoms with Crippen molar-refractivity contribution in [2.24, 2.45) is 0 Å². The summed E-state index contributed by atoms with van der Waals surface area (Å²) in [4.78, 5) is -0.349. The zero-order valence-corrected chi connectivity index (χ0v) is 12.1. The van der Waals surface area contributed by atoms with Crippen molar-refractivity contribution >= 4 is 10.0 Å². The molecule has 0 saturated heterocycles. The third-order valence-corrected chi connectivity index (χ3v) is 4.53. The number of halogens is 1. The molecule has 2 rings (SSSR count). The van der Waals surface area contributed by atoms with Gasteiger partial charge in [0, 0.05) is 6.54 Å². The van der Waals surface area contributed by atoms with Crippen molar-refractivity contribution in [3.8, 4) is 6.07 Å². The predicted molar refractivity (Wildman–Crippen MR) is 76.3 cm³/mol. The average molecular weight is 304 g/mol. The third kappa shape index (κ3) is 3.27. The molecule has 0 aliphatic carbocycles. The molecule has 0 aliphatic heterocycles. The van der Waals surface area contributed by atoms with Gasteiger partial charge in [0.2, 0.25) is 10.0 Å². The van der Waals surface area contributed by atoms with Crippen LogP contribution in [0, 0.1) is 24.1 Å². The molecule has 6 heteroatoms. The van der Waals surface area contributed by atoms with E-state index in [1.165, 1.54) is 12.1 Å². The molecule has 4 nitrogen and oxygen atoms in total. The van der Waals surface area contributed by atoms with Crippen LogP contribution >= 0.6 is 0 Å². The van der Waals surface area contributed by atoms with E-state index >= 15 is 0 Å². The highest BCUT2D eigenvalue weighted by Crippen LogP contribution is 2.18. The van der Waals surface area contributed by atoms with Crippen molar-refractivity contribution in [2.45, 2.75) is 18.4 Å². The number of hydrogen-bond acceptors (Lipinski definition) is 3. The summed E-state index contributed by atoms with van der Waals surface area (Å²) >= 11 is 0. The molecule has 21 heavy (non-hydrogen) atoms. The SMILES string of the molecule is Cc1ccccc1CNS(=O)(=O)c1cccc(F)c1C#N. The standard InChI is InChI=1S/C15H13FN2O2S/c1-11-5-2-3-6-12(11)10-18-21(19,20)15-8-4-7-14(16)13(15)9-17/h2-8,18H,10H2,1H3. The Morgan fingerprint density at radius 2 is 1.90 bits per heavy atom. The minimum atomic E-state index is -3.95. The van der Waals surface area contributed by atoms with Gasteiger partial charge in [-0.2, -0.15) is 5.26 Å². The molecule has 1 N–H and O–H groups in total. The second-order valence-electron chi connectivity index (χ2n) is 4.48. The highest BCUT2D eigenvalue weighted by Gasteiger charge is 2.20. The Hall–Kier alpha value is -2.23. The summed E-state index contributed by atoms with van der Waals surface area (Å²) in [6.45, 7) is 1.95. The summed E-state index contributed by atoms with van der Waals surface area (Å²) in [6.07, 6.45) is 0. The smallest absolute Gasteiger partial charge is 0.207 e. The maximum absolute atomic E-state index is 13.5. The lowest BCUT2D eigenvalue weighted by Gasteiger charge is -2.10.